The number of nitrogens with one attached hydrogen (secondary N) is 2. The summed E-state index contributed by atoms with van der Waals surface area (Å²) < 4.78 is 0. The molecular formula is C23H21Cl2N3. The number of fused-ring (bicyclic) bond motifs is 3. The Hall–Kier alpha value is -2.07. The molecule has 3 aliphatic rings. The molecule has 1 aliphatic carbocycles. The van der Waals surface area contributed by atoms with Crippen LogP contribution >= 0.6 is 23.2 Å². The molecule has 0 amide bonds. The first-order chi connectivity index (χ1) is 13.7. The van der Waals surface area contributed by atoms with Gasteiger partial charge in [0.2, 0.25) is 0 Å². The van der Waals surface area contributed by atoms with E-state index in [1.54, 1.807) is 0 Å². The van der Waals surface area contributed by atoms with E-state index in [-0.39, 0.29) is 0 Å². The van der Waals surface area contributed by atoms with Crippen LogP contribution in [0.4, 0.5) is 5.69 Å². The maximum absolute atomic E-state index is 6.66. The summed E-state index contributed by atoms with van der Waals surface area (Å²) in [4.78, 5) is 4.88. The highest BCUT2D eigenvalue weighted by molar-refractivity contribution is 6.39. The molecule has 3 nitrogen and oxygen atoms in total. The summed E-state index contributed by atoms with van der Waals surface area (Å²) in [5.74, 6) is 0. The molecule has 0 saturated carbocycles. The monoisotopic (exact) mass is 409 g/mol. The van der Waals surface area contributed by atoms with Crippen molar-refractivity contribution in [1.82, 2.24) is 10.6 Å². The summed E-state index contributed by atoms with van der Waals surface area (Å²) in [6, 6.07) is 12.3. The van der Waals surface area contributed by atoms with E-state index in [2.05, 4.69) is 22.8 Å². The Labute approximate surface area is 175 Å². The van der Waals surface area contributed by atoms with Gasteiger partial charge in [-0.25, -0.2) is 0 Å². The quantitative estimate of drug-likeness (QED) is 0.675. The number of allylic oxidation sites excluding steroid dienone is 3. The normalized spacial score (nSPS) is 18.7. The van der Waals surface area contributed by atoms with Crippen molar-refractivity contribution in [2.75, 3.05) is 13.1 Å². The van der Waals surface area contributed by atoms with Crippen molar-refractivity contribution in [3.8, 4) is 11.1 Å². The summed E-state index contributed by atoms with van der Waals surface area (Å²) in [6.45, 7) is 2.15. The van der Waals surface area contributed by atoms with Crippen molar-refractivity contribution in [3.63, 3.8) is 0 Å². The predicted molar refractivity (Wildman–Crippen MR) is 119 cm³/mol. The molecule has 0 bridgehead atoms. The summed E-state index contributed by atoms with van der Waals surface area (Å²) in [5, 5.41) is 8.54. The van der Waals surface area contributed by atoms with E-state index in [0.717, 1.165) is 66.0 Å². The lowest BCUT2D eigenvalue weighted by molar-refractivity contribution is 0.414. The largest absolute Gasteiger partial charge is 0.382 e. The maximum Gasteiger partial charge on any atom is 0.0719 e. The Morgan fingerprint density at radius 1 is 0.964 bits per heavy atom. The van der Waals surface area contributed by atoms with Gasteiger partial charge in [-0.1, -0.05) is 47.5 Å². The van der Waals surface area contributed by atoms with Crippen LogP contribution in [0.15, 0.2) is 59.2 Å². The van der Waals surface area contributed by atoms with Crippen molar-refractivity contribution < 1.29 is 0 Å². The number of hydrogen-bond donors (Lipinski definition) is 2. The molecule has 142 valence electrons. The van der Waals surface area contributed by atoms with Gasteiger partial charge in [0.15, 0.2) is 0 Å². The lowest BCUT2D eigenvalue weighted by atomic mass is 9.89. The molecule has 2 heterocycles. The van der Waals surface area contributed by atoms with Crippen LogP contribution in [0, 0.1) is 0 Å². The van der Waals surface area contributed by atoms with Crippen LogP contribution in [0.5, 0.6) is 0 Å². The zero-order chi connectivity index (χ0) is 19.1. The van der Waals surface area contributed by atoms with Gasteiger partial charge in [-0.3, -0.25) is 4.99 Å². The van der Waals surface area contributed by atoms with Gasteiger partial charge in [0, 0.05) is 50.5 Å². The number of hydrogen-bond acceptors (Lipinski definition) is 3. The lowest BCUT2D eigenvalue weighted by Gasteiger charge is -2.26. The van der Waals surface area contributed by atoms with Crippen LogP contribution in [0.3, 0.4) is 0 Å². The number of halogens is 2. The second kappa shape index (κ2) is 7.40. The van der Waals surface area contributed by atoms with Gasteiger partial charge >= 0.3 is 0 Å². The molecule has 28 heavy (non-hydrogen) atoms. The zero-order valence-corrected chi connectivity index (χ0v) is 16.9. The second-order valence-electron chi connectivity index (χ2n) is 7.45. The Morgan fingerprint density at radius 3 is 2.61 bits per heavy atom. The Kier molecular flexibility index (Phi) is 4.75. The molecule has 0 atom stereocenters. The Balaban J connectivity index is 1.57. The van der Waals surface area contributed by atoms with Crippen LogP contribution in [-0.2, 0) is 0 Å². The first-order valence-electron chi connectivity index (χ1n) is 9.75. The van der Waals surface area contributed by atoms with Gasteiger partial charge in [-0.05, 0) is 50.2 Å². The third kappa shape index (κ3) is 3.18. The van der Waals surface area contributed by atoms with Crippen LogP contribution in [-0.4, -0.2) is 24.8 Å². The van der Waals surface area contributed by atoms with Gasteiger partial charge in [-0.15, -0.1) is 0 Å². The molecule has 0 unspecified atom stereocenters. The van der Waals surface area contributed by atoms with Crippen LogP contribution in [0.25, 0.3) is 16.7 Å². The molecule has 2 aromatic rings. The molecule has 2 aliphatic heterocycles. The fraction of sp³-hybridized carbons (Fsp3) is 0.261. The maximum atomic E-state index is 6.66. The Morgan fingerprint density at radius 2 is 1.79 bits per heavy atom. The summed E-state index contributed by atoms with van der Waals surface area (Å²) in [7, 11) is 0. The third-order valence-electron chi connectivity index (χ3n) is 5.64. The smallest absolute Gasteiger partial charge is 0.0719 e. The highest BCUT2D eigenvalue weighted by atomic mass is 35.5. The molecule has 2 N–H and O–H groups in total. The van der Waals surface area contributed by atoms with Gasteiger partial charge in [0.25, 0.3) is 0 Å². The molecule has 1 saturated heterocycles. The van der Waals surface area contributed by atoms with Crippen LogP contribution in [0.2, 0.25) is 10.0 Å². The first kappa shape index (κ1) is 18.0. The second-order valence-corrected chi connectivity index (χ2v) is 8.26. The minimum absolute atomic E-state index is 0.520. The van der Waals surface area contributed by atoms with Gasteiger partial charge in [-0.2, -0.15) is 0 Å². The fourth-order valence-corrected chi connectivity index (χ4v) is 4.73. The van der Waals surface area contributed by atoms with E-state index in [1.807, 2.05) is 36.4 Å². The number of piperidine rings is 1. The van der Waals surface area contributed by atoms with Crippen molar-refractivity contribution in [2.24, 2.45) is 4.99 Å². The zero-order valence-electron chi connectivity index (χ0n) is 15.4. The minimum Gasteiger partial charge on any atom is -0.382 e. The average molecular weight is 410 g/mol. The highest BCUT2D eigenvalue weighted by Gasteiger charge is 2.28. The van der Waals surface area contributed by atoms with Crippen LogP contribution < -0.4 is 10.6 Å². The predicted octanol–water partition coefficient (Wildman–Crippen LogP) is 5.76. The van der Waals surface area contributed by atoms with Crippen molar-refractivity contribution >= 4 is 40.2 Å². The van der Waals surface area contributed by atoms with E-state index < -0.39 is 0 Å². The molecule has 1 fully saturated rings. The van der Waals surface area contributed by atoms with Gasteiger partial charge < -0.3 is 10.6 Å². The third-order valence-corrected chi connectivity index (χ3v) is 6.28. The number of aliphatic imine (C=N–C) groups is 1. The molecule has 5 rings (SSSR count). The average Bonchev–Trinajstić information content (AvgIpc) is 3.08. The highest BCUT2D eigenvalue weighted by Crippen LogP contribution is 2.48. The molecule has 0 aromatic heterocycles. The van der Waals surface area contributed by atoms with Crippen molar-refractivity contribution in [3.05, 3.63) is 69.9 Å². The minimum atomic E-state index is 0.520. The van der Waals surface area contributed by atoms with E-state index >= 15 is 0 Å². The van der Waals surface area contributed by atoms with Crippen molar-refractivity contribution in [1.29, 1.82) is 0 Å². The topological polar surface area (TPSA) is 36.4 Å². The molecular weight excluding hydrogens is 389 g/mol. The molecule has 0 spiro atoms. The number of rotatable bonds is 3. The van der Waals surface area contributed by atoms with Crippen LogP contribution in [0.1, 0.15) is 24.8 Å². The molecule has 0 radical (unpaired) electrons. The molecule has 5 heteroatoms. The van der Waals surface area contributed by atoms with E-state index in [4.69, 9.17) is 28.2 Å². The molecule has 2 aromatic carbocycles. The van der Waals surface area contributed by atoms with E-state index in [1.165, 1.54) is 5.70 Å². The summed E-state index contributed by atoms with van der Waals surface area (Å²) in [6.07, 6.45) is 7.59. The standard InChI is InChI=1S/C23H21Cl2N3/c24-18-4-2-1-3-16(18)22-19(25)6-8-21-23(22)17-13-15(5-7-20(17)28-21)27-14-9-11-26-12-10-14/h1-6,8,13-14,26-27H,7,9-12H2. The lowest BCUT2D eigenvalue weighted by Crippen LogP contribution is -2.39. The summed E-state index contributed by atoms with van der Waals surface area (Å²) >= 11 is 13.2. The fourth-order valence-electron chi connectivity index (χ4n) is 4.24. The summed E-state index contributed by atoms with van der Waals surface area (Å²) in [5.41, 5.74) is 7.42. The van der Waals surface area contributed by atoms with Gasteiger partial charge in [0.1, 0.15) is 0 Å². The Bertz CT molecular complexity index is 1030. The number of benzene rings is 2. The van der Waals surface area contributed by atoms with Gasteiger partial charge in [0.05, 0.1) is 11.4 Å². The van der Waals surface area contributed by atoms with E-state index in [9.17, 15) is 0 Å². The SMILES string of the molecule is Clc1ccccc1-c1c(Cl)ccc2c1C1=CC(NC3CCNCC3)=CCC1=N2. The first-order valence-corrected chi connectivity index (χ1v) is 10.5. The van der Waals surface area contributed by atoms with Crippen molar-refractivity contribution in [2.45, 2.75) is 25.3 Å². The number of nitrogens with zero attached hydrogens (tertiary/aromatic N) is 1. The van der Waals surface area contributed by atoms with E-state index in [0.29, 0.717) is 16.1 Å².